The quantitative estimate of drug-likeness (QED) is 0.0565. The van der Waals surface area contributed by atoms with Gasteiger partial charge in [0.2, 0.25) is 0 Å². The van der Waals surface area contributed by atoms with E-state index in [1.807, 2.05) is 27.0 Å². The average Bonchev–Trinajstić information content (AvgIpc) is 3.02. The Bertz CT molecular complexity index is 1460. The first kappa shape index (κ1) is 41.6. The second kappa shape index (κ2) is 18.6. The molecule has 6 nitrogen and oxygen atoms in total. The van der Waals surface area contributed by atoms with Crippen molar-refractivity contribution in [2.24, 2.45) is 9.98 Å². The highest BCUT2D eigenvalue weighted by Gasteiger charge is 2.27. The molecule has 2 atom stereocenters. The summed E-state index contributed by atoms with van der Waals surface area (Å²) < 4.78 is 5.83. The molecule has 1 aliphatic carbocycles. The van der Waals surface area contributed by atoms with Gasteiger partial charge in [0.1, 0.15) is 17.2 Å². The van der Waals surface area contributed by atoms with Gasteiger partial charge in [-0.05, 0) is 71.4 Å². The van der Waals surface area contributed by atoms with E-state index in [1.54, 1.807) is 18.3 Å². The number of unbranched alkanes of at least 4 members (excludes halogenated alkanes) is 7. The van der Waals surface area contributed by atoms with E-state index in [0.29, 0.717) is 23.3 Å². The maximum Gasteiger partial charge on any atom is 0.311 e. The molecule has 1 fully saturated rings. The van der Waals surface area contributed by atoms with E-state index < -0.39 is 0 Å². The van der Waals surface area contributed by atoms with E-state index >= 15 is 0 Å². The van der Waals surface area contributed by atoms with Gasteiger partial charge in [0, 0.05) is 41.1 Å². The molecule has 1 saturated carbocycles. The van der Waals surface area contributed by atoms with Crippen LogP contribution in [0.4, 0.5) is 0 Å². The van der Waals surface area contributed by atoms with E-state index in [4.69, 9.17) is 14.7 Å². The van der Waals surface area contributed by atoms with Crippen molar-refractivity contribution < 1.29 is 19.7 Å². The number of thiol groups is 1. The third-order valence-electron chi connectivity index (χ3n) is 9.76. The van der Waals surface area contributed by atoms with Gasteiger partial charge in [-0.15, -0.1) is 0 Å². The summed E-state index contributed by atoms with van der Waals surface area (Å²) in [6.45, 7) is 19.0. The number of hydrogen-bond acceptors (Lipinski definition) is 7. The van der Waals surface area contributed by atoms with Crippen molar-refractivity contribution in [3.8, 4) is 17.2 Å². The molecule has 2 N–H and O–H groups in total. The highest BCUT2D eigenvalue weighted by molar-refractivity contribution is 7.80. The molecule has 1 aliphatic rings. The van der Waals surface area contributed by atoms with Crippen LogP contribution in [0.25, 0.3) is 0 Å². The van der Waals surface area contributed by atoms with Gasteiger partial charge in [-0.25, -0.2) is 0 Å². The number of benzene rings is 2. The molecular weight excluding hydrogens is 641 g/mol. The van der Waals surface area contributed by atoms with Crippen LogP contribution in [0.5, 0.6) is 17.2 Å². The number of rotatable bonds is 15. The normalized spacial score (nSPS) is 17.6. The maximum atomic E-state index is 12.8. The van der Waals surface area contributed by atoms with Gasteiger partial charge in [-0.1, -0.05) is 120 Å². The minimum atomic E-state index is -0.366. The van der Waals surface area contributed by atoms with Gasteiger partial charge >= 0.3 is 5.97 Å². The first-order valence-corrected chi connectivity index (χ1v) is 19.7. The Labute approximate surface area is 309 Å². The second-order valence-electron chi connectivity index (χ2n) is 17.4. The zero-order chi connectivity index (χ0) is 37.1. The molecular formula is C43H66N2O4S. The summed E-state index contributed by atoms with van der Waals surface area (Å²) in [5.41, 5.74) is 3.41. The lowest BCUT2D eigenvalue weighted by Crippen LogP contribution is -2.27. The fourth-order valence-corrected chi connectivity index (χ4v) is 6.76. The Morgan fingerprint density at radius 1 is 0.700 bits per heavy atom. The summed E-state index contributed by atoms with van der Waals surface area (Å²) in [5, 5.41) is 22.6. The number of hydrogen-bond donors (Lipinski definition) is 3. The molecule has 0 saturated heterocycles. The number of phenolic OH excluding ortho intramolecular Hbond substituents is 2. The summed E-state index contributed by atoms with van der Waals surface area (Å²) >= 11 is 4.28. The number of aliphatic imine (C=N–C) groups is 2. The van der Waals surface area contributed by atoms with Crippen LogP contribution in [-0.4, -0.2) is 46.4 Å². The van der Waals surface area contributed by atoms with Crippen LogP contribution < -0.4 is 4.74 Å². The number of carbonyl (C=O) groups is 1. The molecule has 50 heavy (non-hydrogen) atoms. The van der Waals surface area contributed by atoms with Crippen LogP contribution in [0.3, 0.4) is 0 Å². The van der Waals surface area contributed by atoms with E-state index in [-0.39, 0.29) is 45.8 Å². The van der Waals surface area contributed by atoms with Crippen LogP contribution in [0.2, 0.25) is 0 Å². The van der Waals surface area contributed by atoms with E-state index in [9.17, 15) is 15.0 Å². The van der Waals surface area contributed by atoms with Crippen molar-refractivity contribution in [2.75, 3.05) is 5.75 Å². The molecule has 0 amide bonds. The Morgan fingerprint density at radius 3 is 1.64 bits per heavy atom. The van der Waals surface area contributed by atoms with Crippen LogP contribution in [0.1, 0.15) is 174 Å². The Balaban J connectivity index is 1.78. The number of carbonyl (C=O) groups excluding carboxylic acids is 1. The third-order valence-corrected chi connectivity index (χ3v) is 10.1. The van der Waals surface area contributed by atoms with E-state index in [1.165, 1.54) is 32.1 Å². The molecule has 3 rings (SSSR count). The monoisotopic (exact) mass is 706 g/mol. The van der Waals surface area contributed by atoms with Gasteiger partial charge in [0.05, 0.1) is 12.1 Å². The Hall–Kier alpha value is -2.80. The summed E-state index contributed by atoms with van der Waals surface area (Å²) in [7, 11) is 0. The number of ether oxygens (including phenoxy) is 1. The van der Waals surface area contributed by atoms with Crippen molar-refractivity contribution >= 4 is 31.0 Å². The first-order valence-electron chi connectivity index (χ1n) is 19.0. The fraction of sp³-hybridized carbons (Fsp3) is 0.651. The molecule has 0 aliphatic heterocycles. The molecule has 2 aromatic rings. The second-order valence-corrected chi connectivity index (χ2v) is 17.8. The predicted molar refractivity (Wildman–Crippen MR) is 215 cm³/mol. The highest BCUT2D eigenvalue weighted by Crippen LogP contribution is 2.38. The largest absolute Gasteiger partial charge is 0.507 e. The molecule has 0 radical (unpaired) electrons. The van der Waals surface area contributed by atoms with Crippen LogP contribution >= 0.6 is 12.6 Å². The topological polar surface area (TPSA) is 91.5 Å². The molecule has 0 unspecified atom stereocenters. The van der Waals surface area contributed by atoms with Crippen molar-refractivity contribution in [1.29, 1.82) is 0 Å². The van der Waals surface area contributed by atoms with Crippen molar-refractivity contribution in [3.63, 3.8) is 0 Å². The van der Waals surface area contributed by atoms with Gasteiger partial charge in [0.25, 0.3) is 0 Å². The third kappa shape index (κ3) is 12.8. The Morgan fingerprint density at radius 2 is 1.16 bits per heavy atom. The zero-order valence-electron chi connectivity index (χ0n) is 32.6. The summed E-state index contributed by atoms with van der Waals surface area (Å²) in [6.07, 6.45) is 17.0. The number of phenols is 2. The molecule has 278 valence electrons. The molecule has 2 aromatic carbocycles. The van der Waals surface area contributed by atoms with Crippen LogP contribution in [-0.2, 0) is 21.0 Å². The fourth-order valence-electron chi connectivity index (χ4n) is 6.53. The summed E-state index contributed by atoms with van der Waals surface area (Å²) in [5.74, 6) is 1.59. The Kier molecular flexibility index (Phi) is 15.5. The highest BCUT2D eigenvalue weighted by atomic mass is 32.1. The lowest BCUT2D eigenvalue weighted by atomic mass is 9.79. The van der Waals surface area contributed by atoms with Gasteiger partial charge in [-0.3, -0.25) is 14.8 Å². The predicted octanol–water partition coefficient (Wildman–Crippen LogP) is 11.2. The molecule has 0 heterocycles. The van der Waals surface area contributed by atoms with E-state index in [2.05, 4.69) is 66.3 Å². The summed E-state index contributed by atoms with van der Waals surface area (Å²) in [4.78, 5) is 22.8. The SMILES string of the molecule is CC(C)(C)c1cc(C=N[C@@H]2CCCC[C@H]2N=Cc2cc(OC(=O)CCCCCCCCCCS)cc(C(C)(C)C)c2O)c(O)c(C(C)(C)C)c1. The number of nitrogens with zero attached hydrogens (tertiary/aromatic N) is 2. The van der Waals surface area contributed by atoms with Crippen LogP contribution in [0, 0.1) is 0 Å². The maximum absolute atomic E-state index is 12.8. The molecule has 7 heteroatoms. The van der Waals surface area contributed by atoms with Crippen molar-refractivity contribution in [3.05, 3.63) is 52.1 Å². The lowest BCUT2D eigenvalue weighted by molar-refractivity contribution is -0.134. The zero-order valence-corrected chi connectivity index (χ0v) is 33.5. The minimum absolute atomic E-state index is 0.0472. The number of esters is 1. The molecule has 0 bridgehead atoms. The molecule has 0 spiro atoms. The number of aromatic hydroxyl groups is 2. The average molecular weight is 707 g/mol. The standard InChI is InChI=1S/C43H66N2O4S/c1-41(2,3)32-24-30(39(47)34(26-32)42(4,5)6)28-44-36-20-17-18-21-37(36)45-29-31-25-33(27-35(40(31)48)43(7,8)9)49-38(46)22-16-14-12-10-11-13-15-19-23-50/h24-29,36-37,47-48,50H,10-23H2,1-9H3/t36-,37-/m1/s1. The lowest BCUT2D eigenvalue weighted by Gasteiger charge is -2.28. The summed E-state index contributed by atoms with van der Waals surface area (Å²) in [6, 6.07) is 7.58. The van der Waals surface area contributed by atoms with Crippen LogP contribution in [0.15, 0.2) is 34.3 Å². The van der Waals surface area contributed by atoms with Gasteiger partial charge < -0.3 is 14.9 Å². The van der Waals surface area contributed by atoms with Crippen molar-refractivity contribution in [1.82, 2.24) is 0 Å². The van der Waals surface area contributed by atoms with Gasteiger partial charge in [-0.2, -0.15) is 12.6 Å². The first-order chi connectivity index (χ1) is 23.4. The smallest absolute Gasteiger partial charge is 0.311 e. The minimum Gasteiger partial charge on any atom is -0.507 e. The van der Waals surface area contributed by atoms with E-state index in [0.717, 1.165) is 67.4 Å². The van der Waals surface area contributed by atoms with Crippen molar-refractivity contribution in [2.45, 2.75) is 174 Å². The molecule has 0 aromatic heterocycles. The van der Waals surface area contributed by atoms with Gasteiger partial charge in [0.15, 0.2) is 0 Å².